The van der Waals surface area contributed by atoms with Gasteiger partial charge in [-0.25, -0.2) is 4.79 Å². The van der Waals surface area contributed by atoms with Gasteiger partial charge in [-0.15, -0.1) is 0 Å². The molecule has 1 heterocycles. The number of aryl methyl sites for hydroxylation is 1. The van der Waals surface area contributed by atoms with Crippen LogP contribution in [0.5, 0.6) is 0 Å². The molecule has 4 amide bonds. The zero-order valence-electron chi connectivity index (χ0n) is 16.0. The van der Waals surface area contributed by atoms with E-state index >= 15 is 0 Å². The van der Waals surface area contributed by atoms with E-state index in [0.717, 1.165) is 29.7 Å². The van der Waals surface area contributed by atoms with E-state index < -0.39 is 12.1 Å². The van der Waals surface area contributed by atoms with Crippen molar-refractivity contribution < 1.29 is 14.4 Å². The number of nitrogens with one attached hydrogen (secondary N) is 1. The number of hydrogen-bond donors (Lipinski definition) is 1. The van der Waals surface area contributed by atoms with Gasteiger partial charge >= 0.3 is 6.03 Å². The maximum Gasteiger partial charge on any atom is 0.332 e. The van der Waals surface area contributed by atoms with Crippen LogP contribution in [0, 0.1) is 6.92 Å². The summed E-state index contributed by atoms with van der Waals surface area (Å²) in [6.07, 6.45) is 7.76. The lowest BCUT2D eigenvalue weighted by Crippen LogP contribution is -2.41. The first-order valence-corrected chi connectivity index (χ1v) is 9.63. The van der Waals surface area contributed by atoms with Crippen LogP contribution in [0.15, 0.2) is 35.9 Å². The molecule has 2 aliphatic rings. The van der Waals surface area contributed by atoms with Crippen molar-refractivity contribution in [1.82, 2.24) is 10.2 Å². The number of benzene rings is 1. The number of urea groups is 1. The van der Waals surface area contributed by atoms with Gasteiger partial charge in [0.2, 0.25) is 5.91 Å². The molecule has 0 saturated carbocycles. The fourth-order valence-electron chi connectivity index (χ4n) is 3.60. The van der Waals surface area contributed by atoms with E-state index in [1.54, 1.807) is 6.92 Å². The lowest BCUT2D eigenvalue weighted by molar-refractivity contribution is -0.131. The second-order valence-electron chi connectivity index (χ2n) is 7.30. The summed E-state index contributed by atoms with van der Waals surface area (Å²) in [6, 6.07) is 6.38. The standard InChI is InChI=1S/C21H27N3O3/c1-15-8-10-18(11-9-15)24-16(2)20(26)23(21(24)27)14-19(25)22-13-12-17-6-4-3-5-7-17/h6,8-11,16H,3-5,7,12-14H2,1-2H3,(H,22,25)/t16-/m1/s1. The van der Waals surface area contributed by atoms with Gasteiger partial charge < -0.3 is 5.32 Å². The lowest BCUT2D eigenvalue weighted by Gasteiger charge is -2.19. The second kappa shape index (κ2) is 8.37. The molecule has 1 aromatic carbocycles. The SMILES string of the molecule is Cc1ccc(N2C(=O)N(CC(=O)NCCC3=CCCCC3)C(=O)[C@H]2C)cc1. The Kier molecular flexibility index (Phi) is 5.94. The van der Waals surface area contributed by atoms with Gasteiger partial charge in [0.1, 0.15) is 12.6 Å². The number of nitrogens with zero attached hydrogens (tertiary/aromatic N) is 2. The maximum absolute atomic E-state index is 12.7. The van der Waals surface area contributed by atoms with Crippen molar-refractivity contribution in [3.05, 3.63) is 41.5 Å². The highest BCUT2D eigenvalue weighted by molar-refractivity contribution is 6.15. The van der Waals surface area contributed by atoms with Crippen molar-refractivity contribution in [3.8, 4) is 0 Å². The van der Waals surface area contributed by atoms with Crippen molar-refractivity contribution in [2.45, 2.75) is 52.0 Å². The van der Waals surface area contributed by atoms with Crippen molar-refractivity contribution >= 4 is 23.5 Å². The topological polar surface area (TPSA) is 69.7 Å². The van der Waals surface area contributed by atoms with E-state index in [1.807, 2.05) is 31.2 Å². The molecule has 1 aromatic rings. The smallest absolute Gasteiger partial charge is 0.332 e. The summed E-state index contributed by atoms with van der Waals surface area (Å²) >= 11 is 0. The third-order valence-corrected chi connectivity index (χ3v) is 5.21. The normalized spacial score (nSPS) is 20.1. The molecule has 144 valence electrons. The Morgan fingerprint density at radius 1 is 1.19 bits per heavy atom. The highest BCUT2D eigenvalue weighted by Gasteiger charge is 2.43. The van der Waals surface area contributed by atoms with Crippen molar-refractivity contribution in [1.29, 1.82) is 0 Å². The first-order valence-electron chi connectivity index (χ1n) is 9.63. The summed E-state index contributed by atoms with van der Waals surface area (Å²) < 4.78 is 0. The molecule has 1 N–H and O–H groups in total. The molecular formula is C21H27N3O3. The summed E-state index contributed by atoms with van der Waals surface area (Å²) in [5.41, 5.74) is 3.13. The molecule has 6 nitrogen and oxygen atoms in total. The molecule has 0 radical (unpaired) electrons. The molecule has 0 unspecified atom stereocenters. The van der Waals surface area contributed by atoms with Crippen LogP contribution in [0.3, 0.4) is 0 Å². The maximum atomic E-state index is 12.7. The highest BCUT2D eigenvalue weighted by Crippen LogP contribution is 2.26. The minimum Gasteiger partial charge on any atom is -0.354 e. The van der Waals surface area contributed by atoms with E-state index in [2.05, 4.69) is 11.4 Å². The van der Waals surface area contributed by atoms with Gasteiger partial charge in [-0.1, -0.05) is 29.3 Å². The average Bonchev–Trinajstić information content (AvgIpc) is 2.87. The van der Waals surface area contributed by atoms with E-state index in [4.69, 9.17) is 0 Å². The Morgan fingerprint density at radius 2 is 1.93 bits per heavy atom. The first kappa shape index (κ1) is 19.1. The molecule has 0 spiro atoms. The number of carbonyl (C=O) groups excluding carboxylic acids is 3. The molecule has 27 heavy (non-hydrogen) atoms. The summed E-state index contributed by atoms with van der Waals surface area (Å²) in [6.45, 7) is 3.96. The predicted octanol–water partition coefficient (Wildman–Crippen LogP) is 3.16. The van der Waals surface area contributed by atoms with Crippen LogP contribution in [0.1, 0.15) is 44.6 Å². The van der Waals surface area contributed by atoms with Crippen molar-refractivity contribution in [2.75, 3.05) is 18.0 Å². The van der Waals surface area contributed by atoms with E-state index in [-0.39, 0.29) is 18.4 Å². The van der Waals surface area contributed by atoms with Crippen LogP contribution < -0.4 is 10.2 Å². The predicted molar refractivity (Wildman–Crippen MR) is 104 cm³/mol. The fraction of sp³-hybridized carbons (Fsp3) is 0.476. The van der Waals surface area contributed by atoms with Gasteiger partial charge in [0.25, 0.3) is 5.91 Å². The number of imide groups is 1. The van der Waals surface area contributed by atoms with Crippen LogP contribution in [0.25, 0.3) is 0 Å². The Hall–Kier alpha value is -2.63. The summed E-state index contributed by atoms with van der Waals surface area (Å²) in [4.78, 5) is 39.9. The molecular weight excluding hydrogens is 342 g/mol. The van der Waals surface area contributed by atoms with Crippen LogP contribution in [0.2, 0.25) is 0 Å². The van der Waals surface area contributed by atoms with Crippen LogP contribution in [-0.2, 0) is 9.59 Å². The molecule has 0 bridgehead atoms. The zero-order chi connectivity index (χ0) is 19.4. The van der Waals surface area contributed by atoms with Gasteiger partial charge in [0.15, 0.2) is 0 Å². The number of anilines is 1. The minimum atomic E-state index is -0.611. The zero-order valence-corrected chi connectivity index (χ0v) is 16.0. The fourth-order valence-corrected chi connectivity index (χ4v) is 3.60. The van der Waals surface area contributed by atoms with E-state index in [1.165, 1.54) is 23.3 Å². The van der Waals surface area contributed by atoms with Gasteiger partial charge in [-0.05, 0) is 58.1 Å². The molecule has 1 saturated heterocycles. The molecule has 1 atom stereocenters. The third-order valence-electron chi connectivity index (χ3n) is 5.21. The van der Waals surface area contributed by atoms with Crippen molar-refractivity contribution in [2.24, 2.45) is 0 Å². The summed E-state index contributed by atoms with van der Waals surface area (Å²) in [7, 11) is 0. The number of carbonyl (C=O) groups is 3. The molecule has 3 rings (SSSR count). The van der Waals surface area contributed by atoms with E-state index in [0.29, 0.717) is 12.2 Å². The van der Waals surface area contributed by atoms with Crippen LogP contribution in [0.4, 0.5) is 10.5 Å². The van der Waals surface area contributed by atoms with Gasteiger partial charge in [0.05, 0.1) is 0 Å². The lowest BCUT2D eigenvalue weighted by atomic mass is 9.97. The quantitative estimate of drug-likeness (QED) is 0.619. The summed E-state index contributed by atoms with van der Waals surface area (Å²) in [5.74, 6) is -0.642. The van der Waals surface area contributed by atoms with E-state index in [9.17, 15) is 14.4 Å². The molecule has 1 aliphatic heterocycles. The number of allylic oxidation sites excluding steroid dienone is 1. The van der Waals surface area contributed by atoms with Crippen molar-refractivity contribution in [3.63, 3.8) is 0 Å². The Morgan fingerprint density at radius 3 is 2.59 bits per heavy atom. The van der Waals surface area contributed by atoms with Gasteiger partial charge in [0, 0.05) is 12.2 Å². The molecule has 0 aromatic heterocycles. The number of hydrogen-bond acceptors (Lipinski definition) is 3. The molecule has 1 fully saturated rings. The highest BCUT2D eigenvalue weighted by atomic mass is 16.2. The largest absolute Gasteiger partial charge is 0.354 e. The first-order chi connectivity index (χ1) is 13.0. The summed E-state index contributed by atoms with van der Waals surface area (Å²) in [5, 5.41) is 2.83. The monoisotopic (exact) mass is 369 g/mol. The molecule has 6 heteroatoms. The van der Waals surface area contributed by atoms with Gasteiger partial charge in [-0.2, -0.15) is 0 Å². The van der Waals surface area contributed by atoms with Crippen LogP contribution >= 0.6 is 0 Å². The third kappa shape index (κ3) is 4.38. The van der Waals surface area contributed by atoms with Crippen LogP contribution in [-0.4, -0.2) is 41.9 Å². The average molecular weight is 369 g/mol. The molecule has 1 aliphatic carbocycles. The Balaban J connectivity index is 1.56. The minimum absolute atomic E-state index is 0.233. The van der Waals surface area contributed by atoms with Gasteiger partial charge in [-0.3, -0.25) is 19.4 Å². The number of rotatable bonds is 6. The number of amides is 4. The Labute approximate surface area is 160 Å². The second-order valence-corrected chi connectivity index (χ2v) is 7.30. The Bertz CT molecular complexity index is 754.